The van der Waals surface area contributed by atoms with Gasteiger partial charge in [-0.25, -0.2) is 10.1 Å². The standard InChI is InChI=1S/C9H8N8O5/c10-15-4-12-14-9(15)13-11-3-5-1-6(16(19)20)2-7(8(5)18)17(21)22/h1-4,18H,10H2,(H,13,14)/b11-3-. The molecule has 4 N–H and O–H groups in total. The summed E-state index contributed by atoms with van der Waals surface area (Å²) < 4.78 is 1.01. The summed E-state index contributed by atoms with van der Waals surface area (Å²) >= 11 is 0. The highest BCUT2D eigenvalue weighted by atomic mass is 16.6. The van der Waals surface area contributed by atoms with Crippen LogP contribution in [-0.2, 0) is 0 Å². The first kappa shape index (κ1) is 14.6. The fourth-order valence-corrected chi connectivity index (χ4v) is 1.45. The Balaban J connectivity index is 2.35. The molecule has 0 radical (unpaired) electrons. The van der Waals surface area contributed by atoms with E-state index >= 15 is 0 Å². The first-order valence-electron chi connectivity index (χ1n) is 5.50. The molecule has 13 heteroatoms. The van der Waals surface area contributed by atoms with Crippen molar-refractivity contribution < 1.29 is 15.0 Å². The van der Waals surface area contributed by atoms with Crippen molar-refractivity contribution in [2.24, 2.45) is 5.10 Å². The van der Waals surface area contributed by atoms with Gasteiger partial charge in [0, 0.05) is 6.07 Å². The lowest BCUT2D eigenvalue weighted by Gasteiger charge is -2.01. The number of non-ortho nitro benzene ring substituents is 1. The van der Waals surface area contributed by atoms with Crippen LogP contribution < -0.4 is 11.3 Å². The molecule has 2 aromatic rings. The van der Waals surface area contributed by atoms with Crippen LogP contribution in [-0.4, -0.2) is 36.0 Å². The average molecular weight is 308 g/mol. The number of nitro groups is 2. The van der Waals surface area contributed by atoms with Crippen LogP contribution >= 0.6 is 0 Å². The van der Waals surface area contributed by atoms with Gasteiger partial charge in [-0.15, -0.1) is 10.2 Å². The summed E-state index contributed by atoms with van der Waals surface area (Å²) in [7, 11) is 0. The summed E-state index contributed by atoms with van der Waals surface area (Å²) in [5.41, 5.74) is 0.754. The van der Waals surface area contributed by atoms with Crippen molar-refractivity contribution in [3.63, 3.8) is 0 Å². The zero-order valence-corrected chi connectivity index (χ0v) is 10.7. The number of nitrogens with zero attached hydrogens (tertiary/aromatic N) is 6. The Kier molecular flexibility index (Phi) is 3.79. The van der Waals surface area contributed by atoms with Crippen molar-refractivity contribution in [2.45, 2.75) is 0 Å². The van der Waals surface area contributed by atoms with Crippen molar-refractivity contribution in [2.75, 3.05) is 11.3 Å². The number of aromatic hydroxyl groups is 1. The van der Waals surface area contributed by atoms with Gasteiger partial charge in [-0.1, -0.05) is 0 Å². The van der Waals surface area contributed by atoms with Crippen LogP contribution in [0.3, 0.4) is 0 Å². The lowest BCUT2D eigenvalue weighted by Crippen LogP contribution is -2.10. The molecule has 1 aromatic carbocycles. The molecule has 1 aromatic heterocycles. The number of nitro benzene ring substituents is 2. The molecule has 0 fully saturated rings. The van der Waals surface area contributed by atoms with Crippen LogP contribution in [0.2, 0.25) is 0 Å². The molecule has 2 rings (SSSR count). The van der Waals surface area contributed by atoms with E-state index in [2.05, 4.69) is 20.7 Å². The number of hydrogen-bond acceptors (Lipinski definition) is 10. The van der Waals surface area contributed by atoms with Gasteiger partial charge in [0.15, 0.2) is 0 Å². The van der Waals surface area contributed by atoms with Gasteiger partial charge in [0.05, 0.1) is 27.7 Å². The normalized spacial score (nSPS) is 10.7. The zero-order chi connectivity index (χ0) is 16.3. The van der Waals surface area contributed by atoms with Crippen LogP contribution in [0.5, 0.6) is 5.75 Å². The summed E-state index contributed by atoms with van der Waals surface area (Å²) in [6, 6.07) is 1.58. The number of anilines is 1. The highest BCUT2D eigenvalue weighted by molar-refractivity contribution is 5.87. The molecule has 1 heterocycles. The number of benzene rings is 1. The molecule has 0 amide bonds. The van der Waals surface area contributed by atoms with Crippen LogP contribution in [0.1, 0.15) is 5.56 Å². The Morgan fingerprint density at radius 3 is 2.64 bits per heavy atom. The second-order valence-corrected chi connectivity index (χ2v) is 3.85. The number of hydrazone groups is 1. The van der Waals surface area contributed by atoms with Gasteiger partial charge in [0.1, 0.15) is 6.33 Å². The average Bonchev–Trinajstić information content (AvgIpc) is 2.85. The van der Waals surface area contributed by atoms with Gasteiger partial charge >= 0.3 is 5.69 Å². The number of rotatable bonds is 5. The predicted molar refractivity (Wildman–Crippen MR) is 72.8 cm³/mol. The Bertz CT molecular complexity index is 769. The summed E-state index contributed by atoms with van der Waals surface area (Å²) in [5, 5.41) is 41.9. The molecule has 0 unspecified atom stereocenters. The number of phenolic OH excluding ortho intramolecular Hbond substituents is 1. The molecule has 0 bridgehead atoms. The van der Waals surface area contributed by atoms with Gasteiger partial charge < -0.3 is 10.9 Å². The van der Waals surface area contributed by atoms with E-state index in [1.807, 2.05) is 0 Å². The van der Waals surface area contributed by atoms with E-state index < -0.39 is 27.0 Å². The van der Waals surface area contributed by atoms with E-state index in [4.69, 9.17) is 5.84 Å². The maximum absolute atomic E-state index is 10.8. The SMILES string of the molecule is Nn1cnnc1N/N=C\c1cc([N+](=O)[O-])cc([N+](=O)[O-])c1O. The van der Waals surface area contributed by atoms with E-state index in [0.717, 1.165) is 17.0 Å². The number of nitrogen functional groups attached to an aromatic ring is 1. The minimum absolute atomic E-state index is 0.0515. The van der Waals surface area contributed by atoms with Gasteiger partial charge in [0.2, 0.25) is 5.75 Å². The summed E-state index contributed by atoms with van der Waals surface area (Å²) in [6.45, 7) is 0. The zero-order valence-electron chi connectivity index (χ0n) is 10.7. The number of nitrogens with one attached hydrogen (secondary N) is 1. The van der Waals surface area contributed by atoms with Gasteiger partial charge in [-0.3, -0.25) is 20.2 Å². The van der Waals surface area contributed by atoms with E-state index in [1.54, 1.807) is 0 Å². The second kappa shape index (κ2) is 5.70. The largest absolute Gasteiger partial charge is 0.502 e. The van der Waals surface area contributed by atoms with Crippen molar-refractivity contribution >= 4 is 23.5 Å². The summed E-state index contributed by atoms with van der Waals surface area (Å²) in [5.74, 6) is 4.70. The maximum atomic E-state index is 10.8. The van der Waals surface area contributed by atoms with Crippen LogP contribution in [0, 0.1) is 20.2 Å². The minimum Gasteiger partial charge on any atom is -0.502 e. The first-order valence-corrected chi connectivity index (χ1v) is 5.50. The van der Waals surface area contributed by atoms with Crippen molar-refractivity contribution in [1.82, 2.24) is 14.9 Å². The lowest BCUT2D eigenvalue weighted by atomic mass is 10.1. The molecule has 0 saturated carbocycles. The van der Waals surface area contributed by atoms with E-state index in [9.17, 15) is 25.3 Å². The van der Waals surface area contributed by atoms with E-state index in [0.29, 0.717) is 6.07 Å². The fourth-order valence-electron chi connectivity index (χ4n) is 1.45. The first-order chi connectivity index (χ1) is 10.4. The Morgan fingerprint density at radius 2 is 2.09 bits per heavy atom. The molecule has 22 heavy (non-hydrogen) atoms. The molecule has 0 atom stereocenters. The Morgan fingerprint density at radius 1 is 1.36 bits per heavy atom. The molecular weight excluding hydrogens is 300 g/mol. The third-order valence-corrected chi connectivity index (χ3v) is 2.45. The molecule has 13 nitrogen and oxygen atoms in total. The number of phenols is 1. The third kappa shape index (κ3) is 2.87. The highest BCUT2D eigenvalue weighted by Crippen LogP contribution is 2.33. The molecular formula is C9H8N8O5. The van der Waals surface area contributed by atoms with Crippen LogP contribution in [0.4, 0.5) is 17.3 Å². The van der Waals surface area contributed by atoms with Crippen molar-refractivity contribution in [3.8, 4) is 5.75 Å². The number of nitrogens with two attached hydrogens (primary N) is 1. The third-order valence-electron chi connectivity index (χ3n) is 2.45. The molecule has 0 aliphatic carbocycles. The summed E-state index contributed by atoms with van der Waals surface area (Å²) in [6.07, 6.45) is 2.14. The van der Waals surface area contributed by atoms with Gasteiger partial charge in [-0.2, -0.15) is 5.10 Å². The van der Waals surface area contributed by atoms with E-state index in [-0.39, 0.29) is 11.5 Å². The molecule has 114 valence electrons. The molecule has 0 aliphatic rings. The van der Waals surface area contributed by atoms with Crippen molar-refractivity contribution in [1.29, 1.82) is 0 Å². The van der Waals surface area contributed by atoms with Crippen LogP contribution in [0.15, 0.2) is 23.6 Å². The predicted octanol–water partition coefficient (Wildman–Crippen LogP) is -0.0401. The molecule has 0 saturated heterocycles. The Labute approximate surface area is 121 Å². The highest BCUT2D eigenvalue weighted by Gasteiger charge is 2.23. The fraction of sp³-hybridized carbons (Fsp3) is 0. The van der Waals surface area contributed by atoms with Crippen LogP contribution in [0.25, 0.3) is 0 Å². The quantitative estimate of drug-likeness (QED) is 0.294. The summed E-state index contributed by atoms with van der Waals surface area (Å²) in [4.78, 5) is 19.8. The van der Waals surface area contributed by atoms with Crippen molar-refractivity contribution in [3.05, 3.63) is 44.3 Å². The second-order valence-electron chi connectivity index (χ2n) is 3.85. The molecule has 0 spiro atoms. The monoisotopic (exact) mass is 308 g/mol. The van der Waals surface area contributed by atoms with Gasteiger partial charge in [0.25, 0.3) is 11.6 Å². The minimum atomic E-state index is -0.941. The van der Waals surface area contributed by atoms with Gasteiger partial charge in [-0.05, 0) is 0 Å². The number of hydrogen-bond donors (Lipinski definition) is 3. The lowest BCUT2D eigenvalue weighted by molar-refractivity contribution is -0.394. The Hall–Kier alpha value is -3.77. The van der Waals surface area contributed by atoms with E-state index in [1.165, 1.54) is 6.33 Å². The number of aromatic nitrogens is 3. The molecule has 0 aliphatic heterocycles. The maximum Gasteiger partial charge on any atom is 0.318 e. The smallest absolute Gasteiger partial charge is 0.318 e. The topological polar surface area (TPSA) is 188 Å².